The third kappa shape index (κ3) is 3.03. The summed E-state index contributed by atoms with van der Waals surface area (Å²) in [5.74, 6) is 1.23. The smallest absolute Gasteiger partial charge is 0.243 e. The van der Waals surface area contributed by atoms with Gasteiger partial charge in [0.2, 0.25) is 10.0 Å². The summed E-state index contributed by atoms with van der Waals surface area (Å²) < 4.78 is 34.4. The van der Waals surface area contributed by atoms with E-state index in [0.717, 1.165) is 30.6 Å². The molecule has 2 aromatic heterocycles. The Balaban J connectivity index is 1.33. The summed E-state index contributed by atoms with van der Waals surface area (Å²) in [6.07, 6.45) is 6.21. The summed E-state index contributed by atoms with van der Waals surface area (Å²) >= 11 is 1.78. The normalized spacial score (nSPS) is 18.5. The zero-order valence-electron chi connectivity index (χ0n) is 14.8. The minimum atomic E-state index is -3.44. The SMILES string of the molecule is O=S(=O)(c1ccc2c(c1)CCO2)N1CCC(c2cc3ccncc3s2)CC1. The highest BCUT2D eigenvalue weighted by Crippen LogP contribution is 2.37. The molecule has 5 nitrogen and oxygen atoms in total. The zero-order chi connectivity index (χ0) is 18.4. The Hall–Kier alpha value is -1.96. The van der Waals surface area contributed by atoms with Gasteiger partial charge in [0.15, 0.2) is 0 Å². The fourth-order valence-electron chi connectivity index (χ4n) is 3.96. The number of aromatic nitrogens is 1. The lowest BCUT2D eigenvalue weighted by molar-refractivity contribution is 0.321. The molecule has 0 atom stereocenters. The molecular formula is C20H20N2O3S2. The monoisotopic (exact) mass is 400 g/mol. The quantitative estimate of drug-likeness (QED) is 0.671. The molecule has 0 spiro atoms. The van der Waals surface area contributed by atoms with Gasteiger partial charge in [0.05, 0.1) is 16.2 Å². The summed E-state index contributed by atoms with van der Waals surface area (Å²) in [4.78, 5) is 5.91. The molecule has 1 aromatic carbocycles. The van der Waals surface area contributed by atoms with Crippen LogP contribution in [0.5, 0.6) is 5.75 Å². The summed E-state index contributed by atoms with van der Waals surface area (Å²) in [5.41, 5.74) is 0.991. The van der Waals surface area contributed by atoms with Crippen LogP contribution in [0.25, 0.3) is 10.1 Å². The second-order valence-electron chi connectivity index (χ2n) is 7.11. The van der Waals surface area contributed by atoms with Crippen molar-refractivity contribution in [2.75, 3.05) is 19.7 Å². The largest absolute Gasteiger partial charge is 0.493 e. The van der Waals surface area contributed by atoms with E-state index >= 15 is 0 Å². The first kappa shape index (κ1) is 17.2. The number of pyridine rings is 1. The van der Waals surface area contributed by atoms with E-state index in [1.165, 1.54) is 15.0 Å². The van der Waals surface area contributed by atoms with Gasteiger partial charge in [-0.05, 0) is 60.0 Å². The van der Waals surface area contributed by atoms with E-state index in [2.05, 4.69) is 11.1 Å². The highest BCUT2D eigenvalue weighted by Gasteiger charge is 2.31. The molecule has 7 heteroatoms. The van der Waals surface area contributed by atoms with Crippen molar-refractivity contribution < 1.29 is 13.2 Å². The molecule has 27 heavy (non-hydrogen) atoms. The molecule has 2 aliphatic heterocycles. The van der Waals surface area contributed by atoms with Gasteiger partial charge in [-0.3, -0.25) is 4.98 Å². The molecule has 3 aromatic rings. The first-order valence-corrected chi connectivity index (χ1v) is 11.5. The van der Waals surface area contributed by atoms with E-state index in [1.807, 2.05) is 18.5 Å². The maximum absolute atomic E-state index is 13.1. The lowest BCUT2D eigenvalue weighted by Crippen LogP contribution is -2.37. The third-order valence-electron chi connectivity index (χ3n) is 5.50. The number of hydrogen-bond donors (Lipinski definition) is 0. The van der Waals surface area contributed by atoms with E-state index in [1.54, 1.807) is 33.8 Å². The zero-order valence-corrected chi connectivity index (χ0v) is 16.4. The minimum absolute atomic E-state index is 0.387. The average Bonchev–Trinajstić information content (AvgIpc) is 3.34. The van der Waals surface area contributed by atoms with Crippen molar-refractivity contribution in [3.05, 3.63) is 53.2 Å². The minimum Gasteiger partial charge on any atom is -0.493 e. The Kier molecular flexibility index (Phi) is 4.18. The van der Waals surface area contributed by atoms with E-state index in [0.29, 0.717) is 30.5 Å². The Labute approximate surface area is 162 Å². The molecule has 5 rings (SSSR count). The topological polar surface area (TPSA) is 59.5 Å². The van der Waals surface area contributed by atoms with Crippen molar-refractivity contribution in [1.82, 2.24) is 9.29 Å². The highest BCUT2D eigenvalue weighted by molar-refractivity contribution is 7.89. The number of nitrogens with zero attached hydrogens (tertiary/aromatic N) is 2. The Morgan fingerprint density at radius 3 is 2.81 bits per heavy atom. The molecule has 0 bridgehead atoms. The first-order valence-electron chi connectivity index (χ1n) is 9.20. The summed E-state index contributed by atoms with van der Waals surface area (Å²) in [6.45, 7) is 1.76. The van der Waals surface area contributed by atoms with Crippen molar-refractivity contribution in [3.8, 4) is 5.75 Å². The molecular weight excluding hydrogens is 380 g/mol. The van der Waals surface area contributed by atoms with Gasteiger partial charge in [-0.1, -0.05) is 0 Å². The second-order valence-corrected chi connectivity index (χ2v) is 10.2. The van der Waals surface area contributed by atoms with E-state index < -0.39 is 10.0 Å². The van der Waals surface area contributed by atoms with Crippen LogP contribution >= 0.6 is 11.3 Å². The van der Waals surface area contributed by atoms with Crippen LogP contribution in [-0.4, -0.2) is 37.4 Å². The van der Waals surface area contributed by atoms with Crippen LogP contribution in [0.2, 0.25) is 0 Å². The van der Waals surface area contributed by atoms with Gasteiger partial charge >= 0.3 is 0 Å². The number of piperidine rings is 1. The lowest BCUT2D eigenvalue weighted by Gasteiger charge is -2.30. The Morgan fingerprint density at radius 1 is 1.15 bits per heavy atom. The van der Waals surface area contributed by atoms with Gasteiger partial charge in [0.1, 0.15) is 5.75 Å². The number of ether oxygens (including phenoxy) is 1. The lowest BCUT2D eigenvalue weighted by atomic mass is 9.96. The molecule has 0 radical (unpaired) electrons. The molecule has 0 amide bonds. The van der Waals surface area contributed by atoms with Crippen LogP contribution in [0, 0.1) is 0 Å². The van der Waals surface area contributed by atoms with Crippen LogP contribution in [-0.2, 0) is 16.4 Å². The van der Waals surface area contributed by atoms with Crippen molar-refractivity contribution in [1.29, 1.82) is 0 Å². The fraction of sp³-hybridized carbons (Fsp3) is 0.350. The molecule has 0 aliphatic carbocycles. The van der Waals surface area contributed by atoms with Gasteiger partial charge in [-0.25, -0.2) is 8.42 Å². The van der Waals surface area contributed by atoms with E-state index in [9.17, 15) is 8.42 Å². The standard InChI is InChI=1S/C20H20N2O3S2/c23-27(24,17-1-2-18-15(11-17)6-10-25-18)22-8-4-14(5-9-22)19-12-16-3-7-21-13-20(16)26-19/h1-3,7,11-14H,4-6,8-10H2. The summed E-state index contributed by atoms with van der Waals surface area (Å²) in [7, 11) is -3.44. The van der Waals surface area contributed by atoms with Gasteiger partial charge in [0, 0.05) is 36.8 Å². The fourth-order valence-corrected chi connectivity index (χ4v) is 6.68. The van der Waals surface area contributed by atoms with E-state index in [-0.39, 0.29) is 0 Å². The summed E-state index contributed by atoms with van der Waals surface area (Å²) in [6, 6.07) is 9.50. The Bertz CT molecular complexity index is 1070. The summed E-state index contributed by atoms with van der Waals surface area (Å²) in [5, 5.41) is 1.22. The molecule has 140 valence electrons. The van der Waals surface area contributed by atoms with Crippen molar-refractivity contribution in [2.24, 2.45) is 0 Å². The molecule has 1 saturated heterocycles. The number of fused-ring (bicyclic) bond motifs is 2. The van der Waals surface area contributed by atoms with Gasteiger partial charge in [0.25, 0.3) is 0 Å². The van der Waals surface area contributed by atoms with Gasteiger partial charge < -0.3 is 4.74 Å². The van der Waals surface area contributed by atoms with Crippen LogP contribution in [0.3, 0.4) is 0 Å². The molecule has 0 unspecified atom stereocenters. The highest BCUT2D eigenvalue weighted by atomic mass is 32.2. The molecule has 0 N–H and O–H groups in total. The van der Waals surface area contributed by atoms with Crippen molar-refractivity contribution in [2.45, 2.75) is 30.1 Å². The maximum atomic E-state index is 13.1. The maximum Gasteiger partial charge on any atom is 0.243 e. The number of rotatable bonds is 3. The van der Waals surface area contributed by atoms with Gasteiger partial charge in [-0.15, -0.1) is 11.3 Å². The van der Waals surface area contributed by atoms with Gasteiger partial charge in [-0.2, -0.15) is 4.31 Å². The third-order valence-corrected chi connectivity index (χ3v) is 8.64. The van der Waals surface area contributed by atoms with E-state index in [4.69, 9.17) is 4.74 Å². The number of sulfonamides is 1. The van der Waals surface area contributed by atoms with Crippen LogP contribution in [0.4, 0.5) is 0 Å². The average molecular weight is 401 g/mol. The molecule has 4 heterocycles. The van der Waals surface area contributed by atoms with Crippen molar-refractivity contribution in [3.63, 3.8) is 0 Å². The molecule has 2 aliphatic rings. The van der Waals surface area contributed by atoms with Crippen LogP contribution < -0.4 is 4.74 Å². The van der Waals surface area contributed by atoms with Crippen LogP contribution in [0.1, 0.15) is 29.2 Å². The first-order chi connectivity index (χ1) is 13.1. The molecule has 0 saturated carbocycles. The number of benzene rings is 1. The Morgan fingerprint density at radius 2 is 2.00 bits per heavy atom. The molecule has 1 fully saturated rings. The van der Waals surface area contributed by atoms with Crippen molar-refractivity contribution >= 4 is 31.4 Å². The predicted molar refractivity (Wildman–Crippen MR) is 106 cm³/mol. The number of hydrogen-bond acceptors (Lipinski definition) is 5. The number of thiophene rings is 1. The van der Waals surface area contributed by atoms with Crippen LogP contribution in [0.15, 0.2) is 47.6 Å². The predicted octanol–water partition coefficient (Wildman–Crippen LogP) is 3.80. The second kappa shape index (κ2) is 6.58.